The predicted molar refractivity (Wildman–Crippen MR) is 91.9 cm³/mol. The van der Waals surface area contributed by atoms with E-state index in [9.17, 15) is 9.59 Å². The summed E-state index contributed by atoms with van der Waals surface area (Å²) in [5.74, 6) is -1.31. The van der Waals surface area contributed by atoms with Gasteiger partial charge in [0.15, 0.2) is 5.41 Å². The maximum Gasteiger partial charge on any atom is 0.322 e. The highest BCUT2D eigenvalue weighted by Crippen LogP contribution is 2.43. The molecule has 2 unspecified atom stereocenters. The van der Waals surface area contributed by atoms with Gasteiger partial charge in [0.2, 0.25) is 5.91 Å². The van der Waals surface area contributed by atoms with Crippen LogP contribution in [0.1, 0.15) is 24.0 Å². The summed E-state index contributed by atoms with van der Waals surface area (Å²) in [6, 6.07) is 19.1. The minimum Gasteiger partial charge on any atom is -0.468 e. The van der Waals surface area contributed by atoms with Crippen LogP contribution in [-0.4, -0.2) is 19.0 Å². The van der Waals surface area contributed by atoms with Crippen LogP contribution in [0.3, 0.4) is 0 Å². The van der Waals surface area contributed by atoms with Crippen LogP contribution in [0, 0.1) is 5.41 Å². The summed E-state index contributed by atoms with van der Waals surface area (Å²) in [5, 5.41) is 2.86. The largest absolute Gasteiger partial charge is 0.468 e. The molecule has 2 aromatic rings. The van der Waals surface area contributed by atoms with E-state index in [0.717, 1.165) is 11.1 Å². The summed E-state index contributed by atoms with van der Waals surface area (Å²) in [6.45, 7) is 1.63. The van der Waals surface area contributed by atoms with Crippen LogP contribution in [0.25, 0.3) is 5.70 Å². The molecule has 3 rings (SSSR count). The van der Waals surface area contributed by atoms with E-state index in [4.69, 9.17) is 4.74 Å². The molecule has 0 saturated carbocycles. The van der Waals surface area contributed by atoms with E-state index in [0.29, 0.717) is 5.70 Å². The fourth-order valence-electron chi connectivity index (χ4n) is 3.08. The molecule has 0 radical (unpaired) electrons. The fraction of sp³-hybridized carbons (Fsp3) is 0.200. The lowest BCUT2D eigenvalue weighted by atomic mass is 9.70. The summed E-state index contributed by atoms with van der Waals surface area (Å²) in [4.78, 5) is 25.2. The van der Waals surface area contributed by atoms with E-state index < -0.39 is 17.3 Å². The van der Waals surface area contributed by atoms with Crippen molar-refractivity contribution in [3.63, 3.8) is 0 Å². The zero-order valence-electron chi connectivity index (χ0n) is 13.7. The monoisotopic (exact) mass is 321 g/mol. The average Bonchev–Trinajstić information content (AvgIpc) is 2.64. The number of esters is 1. The van der Waals surface area contributed by atoms with Gasteiger partial charge in [0, 0.05) is 11.6 Å². The Balaban J connectivity index is 2.15. The van der Waals surface area contributed by atoms with E-state index >= 15 is 0 Å². The van der Waals surface area contributed by atoms with Gasteiger partial charge in [-0.05, 0) is 18.1 Å². The predicted octanol–water partition coefficient (Wildman–Crippen LogP) is 3.12. The van der Waals surface area contributed by atoms with Gasteiger partial charge in [-0.1, -0.05) is 66.7 Å². The SMILES string of the molecule is COC(=O)C1(C)C(=O)NC(c2ccccc2)=CC1c1ccccc1. The molecule has 2 aromatic carbocycles. The van der Waals surface area contributed by atoms with Crippen LogP contribution in [0.15, 0.2) is 66.7 Å². The molecule has 0 aliphatic carbocycles. The lowest BCUT2D eigenvalue weighted by Crippen LogP contribution is -2.50. The van der Waals surface area contributed by atoms with E-state index in [-0.39, 0.29) is 5.91 Å². The summed E-state index contributed by atoms with van der Waals surface area (Å²) in [7, 11) is 1.30. The first-order valence-corrected chi connectivity index (χ1v) is 7.79. The number of amides is 1. The van der Waals surface area contributed by atoms with E-state index in [1.807, 2.05) is 66.7 Å². The highest BCUT2D eigenvalue weighted by Gasteiger charge is 2.51. The molecule has 122 valence electrons. The van der Waals surface area contributed by atoms with Crippen molar-refractivity contribution in [3.8, 4) is 0 Å². The number of carbonyl (C=O) groups excluding carboxylic acids is 2. The Morgan fingerprint density at radius 3 is 2.21 bits per heavy atom. The molecular formula is C20H19NO3. The van der Waals surface area contributed by atoms with Crippen molar-refractivity contribution in [1.29, 1.82) is 0 Å². The second-order valence-electron chi connectivity index (χ2n) is 5.98. The zero-order valence-corrected chi connectivity index (χ0v) is 13.7. The number of benzene rings is 2. The highest BCUT2D eigenvalue weighted by atomic mass is 16.5. The molecule has 0 spiro atoms. The van der Waals surface area contributed by atoms with E-state index in [1.165, 1.54) is 7.11 Å². The Morgan fingerprint density at radius 2 is 1.62 bits per heavy atom. The molecule has 1 aliphatic rings. The summed E-state index contributed by atoms with van der Waals surface area (Å²) in [6.07, 6.45) is 1.93. The molecule has 4 heteroatoms. The number of allylic oxidation sites excluding steroid dienone is 1. The molecule has 2 atom stereocenters. The molecule has 0 fully saturated rings. The molecule has 0 saturated heterocycles. The first-order chi connectivity index (χ1) is 11.6. The third-order valence-electron chi connectivity index (χ3n) is 4.53. The average molecular weight is 321 g/mol. The number of methoxy groups -OCH3 is 1. The van der Waals surface area contributed by atoms with Crippen molar-refractivity contribution in [2.45, 2.75) is 12.8 Å². The van der Waals surface area contributed by atoms with Gasteiger partial charge in [-0.3, -0.25) is 9.59 Å². The van der Waals surface area contributed by atoms with Gasteiger partial charge in [-0.15, -0.1) is 0 Å². The second kappa shape index (κ2) is 6.32. The van der Waals surface area contributed by atoms with Gasteiger partial charge in [0.25, 0.3) is 0 Å². The second-order valence-corrected chi connectivity index (χ2v) is 5.98. The van der Waals surface area contributed by atoms with Crippen molar-refractivity contribution in [2.75, 3.05) is 7.11 Å². The normalized spacial score (nSPS) is 23.2. The summed E-state index contributed by atoms with van der Waals surface area (Å²) >= 11 is 0. The van der Waals surface area contributed by atoms with Crippen LogP contribution in [-0.2, 0) is 14.3 Å². The maximum absolute atomic E-state index is 12.8. The number of nitrogens with one attached hydrogen (secondary N) is 1. The van der Waals surface area contributed by atoms with Gasteiger partial charge < -0.3 is 10.1 Å². The lowest BCUT2D eigenvalue weighted by Gasteiger charge is -2.37. The van der Waals surface area contributed by atoms with Crippen LogP contribution < -0.4 is 5.32 Å². The van der Waals surface area contributed by atoms with Crippen molar-refractivity contribution in [2.24, 2.45) is 5.41 Å². The lowest BCUT2D eigenvalue weighted by molar-refractivity contribution is -0.158. The number of rotatable bonds is 3. The van der Waals surface area contributed by atoms with Crippen LogP contribution in [0.4, 0.5) is 0 Å². The molecule has 1 N–H and O–H groups in total. The Kier molecular flexibility index (Phi) is 4.21. The molecule has 0 aromatic heterocycles. The first kappa shape index (κ1) is 16.0. The van der Waals surface area contributed by atoms with Crippen molar-refractivity contribution in [1.82, 2.24) is 5.32 Å². The Bertz CT molecular complexity index is 783. The number of hydrogen-bond acceptors (Lipinski definition) is 3. The third-order valence-corrected chi connectivity index (χ3v) is 4.53. The smallest absolute Gasteiger partial charge is 0.322 e. The third kappa shape index (κ3) is 2.60. The first-order valence-electron chi connectivity index (χ1n) is 7.79. The Morgan fingerprint density at radius 1 is 1.04 bits per heavy atom. The molecule has 0 bridgehead atoms. The van der Waals surface area contributed by atoms with Crippen molar-refractivity contribution >= 4 is 17.6 Å². The van der Waals surface area contributed by atoms with Gasteiger partial charge in [0.05, 0.1) is 7.11 Å². The quantitative estimate of drug-likeness (QED) is 0.698. The fourth-order valence-corrected chi connectivity index (χ4v) is 3.08. The molecule has 1 amide bonds. The van der Waals surface area contributed by atoms with Crippen molar-refractivity contribution < 1.29 is 14.3 Å². The molecular weight excluding hydrogens is 302 g/mol. The minimum absolute atomic E-state index is 0.357. The number of ether oxygens (including phenoxy) is 1. The standard InChI is InChI=1S/C20H19NO3/c1-20(19(23)24-2)16(14-9-5-3-6-10-14)13-17(21-18(20)22)15-11-7-4-8-12-15/h3-13,16H,1-2H3,(H,21,22). The number of hydrogen-bond donors (Lipinski definition) is 1. The topological polar surface area (TPSA) is 55.4 Å². The van der Waals surface area contributed by atoms with Crippen molar-refractivity contribution in [3.05, 3.63) is 77.9 Å². The summed E-state index contributed by atoms with van der Waals surface area (Å²) in [5.41, 5.74) is 1.19. The molecule has 24 heavy (non-hydrogen) atoms. The highest BCUT2D eigenvalue weighted by molar-refractivity contribution is 6.08. The Hall–Kier alpha value is -2.88. The number of carbonyl (C=O) groups is 2. The van der Waals surface area contributed by atoms with Crippen LogP contribution >= 0.6 is 0 Å². The van der Waals surface area contributed by atoms with Crippen LogP contribution in [0.5, 0.6) is 0 Å². The zero-order chi connectivity index (χ0) is 17.2. The minimum atomic E-state index is -1.31. The van der Waals surface area contributed by atoms with Gasteiger partial charge in [-0.2, -0.15) is 0 Å². The van der Waals surface area contributed by atoms with E-state index in [1.54, 1.807) is 6.92 Å². The molecule has 1 heterocycles. The molecule has 1 aliphatic heterocycles. The maximum atomic E-state index is 12.8. The summed E-state index contributed by atoms with van der Waals surface area (Å²) < 4.78 is 4.93. The van der Waals surface area contributed by atoms with Gasteiger partial charge in [-0.25, -0.2) is 0 Å². The molecule has 4 nitrogen and oxygen atoms in total. The van der Waals surface area contributed by atoms with E-state index in [2.05, 4.69) is 5.32 Å². The Labute approximate surface area is 141 Å². The van der Waals surface area contributed by atoms with Gasteiger partial charge >= 0.3 is 5.97 Å². The van der Waals surface area contributed by atoms with Gasteiger partial charge in [0.1, 0.15) is 0 Å². The van der Waals surface area contributed by atoms with Crippen LogP contribution in [0.2, 0.25) is 0 Å².